The molecule has 1 atom stereocenters. The Hall–Kier alpha value is -1.39. The molecule has 0 saturated carbocycles. The molecule has 122 valence electrons. The minimum atomic E-state index is -0.126. The predicted molar refractivity (Wildman–Crippen MR) is 89.9 cm³/mol. The molecule has 4 nitrogen and oxygen atoms in total. The van der Waals surface area contributed by atoms with Crippen LogP contribution in [0.1, 0.15) is 33.1 Å². The Morgan fingerprint density at radius 2 is 1.91 bits per heavy atom. The molecule has 0 radical (unpaired) electrons. The first-order chi connectivity index (χ1) is 10.5. The molecule has 1 aromatic rings. The Kier molecular flexibility index (Phi) is 5.59. The van der Waals surface area contributed by atoms with Crippen molar-refractivity contribution in [1.82, 2.24) is 4.90 Å². The summed E-state index contributed by atoms with van der Waals surface area (Å²) in [5.74, 6) is 0.124. The molecule has 2 rings (SSSR count). The van der Waals surface area contributed by atoms with E-state index in [1.807, 2.05) is 44.3 Å². The zero-order valence-corrected chi connectivity index (χ0v) is 14.0. The van der Waals surface area contributed by atoms with Gasteiger partial charge in [-0.3, -0.25) is 9.69 Å². The topological polar surface area (TPSA) is 43.8 Å². The predicted octanol–water partition coefficient (Wildman–Crippen LogP) is 2.52. The first kappa shape index (κ1) is 17.0. The van der Waals surface area contributed by atoms with E-state index in [2.05, 4.69) is 11.8 Å². The number of aliphatic hydroxyl groups is 1. The number of amides is 1. The normalized spacial score (nSPS) is 19.6. The molecular formula is C18H28N2O2. The highest BCUT2D eigenvalue weighted by atomic mass is 16.3. The average Bonchev–Trinajstić information content (AvgIpc) is 2.60. The lowest BCUT2D eigenvalue weighted by molar-refractivity contribution is -0.124. The van der Waals surface area contributed by atoms with Gasteiger partial charge in [0.2, 0.25) is 5.91 Å². The van der Waals surface area contributed by atoms with Gasteiger partial charge in [-0.05, 0) is 56.8 Å². The van der Waals surface area contributed by atoms with E-state index in [4.69, 9.17) is 0 Å². The third-order valence-electron chi connectivity index (χ3n) is 5.32. The maximum absolute atomic E-state index is 12.7. The van der Waals surface area contributed by atoms with Gasteiger partial charge in [-0.15, -0.1) is 0 Å². The highest BCUT2D eigenvalue weighted by Gasteiger charge is 2.35. The Balaban J connectivity index is 1.97. The van der Waals surface area contributed by atoms with Gasteiger partial charge in [-0.2, -0.15) is 0 Å². The van der Waals surface area contributed by atoms with Crippen molar-refractivity contribution in [3.63, 3.8) is 0 Å². The second-order valence-electron chi connectivity index (χ2n) is 6.46. The van der Waals surface area contributed by atoms with Crippen LogP contribution in [0.5, 0.6) is 0 Å². The minimum absolute atomic E-state index is 0.0601. The Bertz CT molecular complexity index is 475. The molecule has 1 unspecified atom stereocenters. The molecular weight excluding hydrogens is 276 g/mol. The molecule has 0 aliphatic carbocycles. The number of para-hydroxylation sites is 1. The average molecular weight is 304 g/mol. The van der Waals surface area contributed by atoms with Gasteiger partial charge in [-0.1, -0.05) is 25.1 Å². The highest BCUT2D eigenvalue weighted by molar-refractivity contribution is 5.96. The van der Waals surface area contributed by atoms with Crippen LogP contribution in [0.25, 0.3) is 0 Å². The van der Waals surface area contributed by atoms with E-state index in [1.165, 1.54) is 0 Å². The smallest absolute Gasteiger partial charge is 0.243 e. The van der Waals surface area contributed by atoms with E-state index in [9.17, 15) is 9.90 Å². The molecule has 1 aliphatic rings. The van der Waals surface area contributed by atoms with E-state index in [-0.39, 0.29) is 24.0 Å². The first-order valence-electron chi connectivity index (χ1n) is 8.20. The van der Waals surface area contributed by atoms with Crippen molar-refractivity contribution in [3.8, 4) is 0 Å². The van der Waals surface area contributed by atoms with Gasteiger partial charge in [-0.25, -0.2) is 0 Å². The van der Waals surface area contributed by atoms with Crippen molar-refractivity contribution < 1.29 is 9.90 Å². The summed E-state index contributed by atoms with van der Waals surface area (Å²) >= 11 is 0. The summed E-state index contributed by atoms with van der Waals surface area (Å²) in [7, 11) is 1.84. The monoisotopic (exact) mass is 304 g/mol. The standard InChI is InChI=1S/C18H28N2O2/c1-4-18(14-21)10-12-20(13-11-18)15(2)17(22)19(3)16-8-6-5-7-9-16/h5-9,15,21H,4,10-14H2,1-3H3. The molecule has 0 spiro atoms. The summed E-state index contributed by atoms with van der Waals surface area (Å²) in [5.41, 5.74) is 0.986. The maximum Gasteiger partial charge on any atom is 0.243 e. The number of piperidine rings is 1. The fourth-order valence-corrected chi connectivity index (χ4v) is 3.22. The first-order valence-corrected chi connectivity index (χ1v) is 8.20. The Morgan fingerprint density at radius 3 is 2.41 bits per heavy atom. The number of likely N-dealkylation sites (N-methyl/N-ethyl adjacent to an activating group) is 1. The summed E-state index contributed by atoms with van der Waals surface area (Å²) in [6.07, 6.45) is 2.93. The van der Waals surface area contributed by atoms with E-state index < -0.39 is 0 Å². The third kappa shape index (κ3) is 3.50. The molecule has 4 heteroatoms. The Labute approximate surface area is 133 Å². The molecule has 1 aliphatic heterocycles. The number of aliphatic hydroxyl groups excluding tert-OH is 1. The summed E-state index contributed by atoms with van der Waals surface area (Å²) in [6, 6.07) is 9.63. The number of hydrogen-bond donors (Lipinski definition) is 1. The van der Waals surface area contributed by atoms with Crippen molar-refractivity contribution in [2.45, 2.75) is 39.2 Å². The number of carbonyl (C=O) groups excluding carboxylic acids is 1. The molecule has 1 aromatic carbocycles. The van der Waals surface area contributed by atoms with Crippen LogP contribution in [0.4, 0.5) is 5.69 Å². The summed E-state index contributed by atoms with van der Waals surface area (Å²) in [5, 5.41) is 9.62. The van der Waals surface area contributed by atoms with Crippen LogP contribution in [0, 0.1) is 5.41 Å². The summed E-state index contributed by atoms with van der Waals surface area (Å²) < 4.78 is 0. The number of nitrogens with zero attached hydrogens (tertiary/aromatic N) is 2. The van der Waals surface area contributed by atoms with Crippen LogP contribution >= 0.6 is 0 Å². The number of carbonyl (C=O) groups is 1. The number of anilines is 1. The van der Waals surface area contributed by atoms with Gasteiger partial charge < -0.3 is 10.0 Å². The number of rotatable bonds is 5. The van der Waals surface area contributed by atoms with Gasteiger partial charge in [0.1, 0.15) is 0 Å². The number of benzene rings is 1. The van der Waals surface area contributed by atoms with Gasteiger partial charge in [0.05, 0.1) is 6.04 Å². The van der Waals surface area contributed by atoms with Crippen molar-refractivity contribution in [2.75, 3.05) is 31.6 Å². The van der Waals surface area contributed by atoms with Crippen LogP contribution in [0.2, 0.25) is 0 Å². The lowest BCUT2D eigenvalue weighted by atomic mass is 9.76. The van der Waals surface area contributed by atoms with Crippen molar-refractivity contribution in [3.05, 3.63) is 30.3 Å². The Morgan fingerprint density at radius 1 is 1.32 bits per heavy atom. The second-order valence-corrected chi connectivity index (χ2v) is 6.46. The number of hydrogen-bond acceptors (Lipinski definition) is 3. The van der Waals surface area contributed by atoms with Gasteiger partial charge >= 0.3 is 0 Å². The van der Waals surface area contributed by atoms with Gasteiger partial charge in [0.25, 0.3) is 0 Å². The van der Waals surface area contributed by atoms with E-state index >= 15 is 0 Å². The molecule has 1 N–H and O–H groups in total. The van der Waals surface area contributed by atoms with E-state index in [0.29, 0.717) is 0 Å². The van der Waals surface area contributed by atoms with Gasteiger partial charge in [0.15, 0.2) is 0 Å². The fraction of sp³-hybridized carbons (Fsp3) is 0.611. The molecule has 1 fully saturated rings. The fourth-order valence-electron chi connectivity index (χ4n) is 3.22. The van der Waals surface area contributed by atoms with E-state index in [0.717, 1.165) is 38.0 Å². The largest absolute Gasteiger partial charge is 0.396 e. The molecule has 1 heterocycles. The second kappa shape index (κ2) is 7.25. The molecule has 0 aromatic heterocycles. The molecule has 0 bridgehead atoms. The van der Waals surface area contributed by atoms with E-state index in [1.54, 1.807) is 4.90 Å². The van der Waals surface area contributed by atoms with Crippen LogP contribution < -0.4 is 4.90 Å². The SMILES string of the molecule is CCC1(CO)CCN(C(C)C(=O)N(C)c2ccccc2)CC1. The summed E-state index contributed by atoms with van der Waals surface area (Å²) in [6.45, 7) is 6.14. The van der Waals surface area contributed by atoms with Crippen LogP contribution in [-0.4, -0.2) is 48.7 Å². The van der Waals surface area contributed by atoms with Crippen LogP contribution in [0.3, 0.4) is 0 Å². The third-order valence-corrected chi connectivity index (χ3v) is 5.32. The minimum Gasteiger partial charge on any atom is -0.396 e. The molecule has 1 saturated heterocycles. The zero-order chi connectivity index (χ0) is 16.2. The zero-order valence-electron chi connectivity index (χ0n) is 14.0. The molecule has 22 heavy (non-hydrogen) atoms. The van der Waals surface area contributed by atoms with Crippen LogP contribution in [-0.2, 0) is 4.79 Å². The lowest BCUT2D eigenvalue weighted by Crippen LogP contribution is -2.51. The van der Waals surface area contributed by atoms with Crippen molar-refractivity contribution >= 4 is 11.6 Å². The van der Waals surface area contributed by atoms with Crippen LogP contribution in [0.15, 0.2) is 30.3 Å². The van der Waals surface area contributed by atoms with Crippen molar-refractivity contribution in [1.29, 1.82) is 0 Å². The van der Waals surface area contributed by atoms with Crippen molar-refractivity contribution in [2.24, 2.45) is 5.41 Å². The number of likely N-dealkylation sites (tertiary alicyclic amines) is 1. The lowest BCUT2D eigenvalue weighted by Gasteiger charge is -2.42. The maximum atomic E-state index is 12.7. The van der Waals surface area contributed by atoms with Gasteiger partial charge in [0, 0.05) is 19.3 Å². The summed E-state index contributed by atoms with van der Waals surface area (Å²) in [4.78, 5) is 16.7. The molecule has 1 amide bonds. The quantitative estimate of drug-likeness (QED) is 0.909. The highest BCUT2D eigenvalue weighted by Crippen LogP contribution is 2.35.